The summed E-state index contributed by atoms with van der Waals surface area (Å²) in [5.41, 5.74) is 5.04. The SMILES string of the molecule is Cc1cc(C2C(c3ccccn3)NC(=S)N2c2cc(Cl)ccc2O)c(C)n1-c1cccc(C(=O)O)c1. The fraction of sp³-hybridized carbons (Fsp3) is 0.148. The molecule has 0 radical (unpaired) electrons. The first-order valence-electron chi connectivity index (χ1n) is 11.3. The first-order valence-corrected chi connectivity index (χ1v) is 12.1. The lowest BCUT2D eigenvalue weighted by Crippen LogP contribution is -2.29. The number of aromatic carboxylic acids is 1. The smallest absolute Gasteiger partial charge is 0.335 e. The minimum atomic E-state index is -0.984. The third-order valence-electron chi connectivity index (χ3n) is 6.44. The summed E-state index contributed by atoms with van der Waals surface area (Å²) in [7, 11) is 0. The van der Waals surface area contributed by atoms with Crippen LogP contribution in [-0.2, 0) is 0 Å². The molecule has 3 heterocycles. The number of thiocarbonyl (C=S) groups is 1. The summed E-state index contributed by atoms with van der Waals surface area (Å²) in [6, 6.07) is 18.8. The van der Waals surface area contributed by atoms with Crippen molar-refractivity contribution >= 4 is 40.6 Å². The molecule has 4 aromatic rings. The normalized spacial score (nSPS) is 17.3. The minimum Gasteiger partial charge on any atom is -0.506 e. The largest absolute Gasteiger partial charge is 0.506 e. The van der Waals surface area contributed by atoms with Gasteiger partial charge >= 0.3 is 5.97 Å². The number of nitrogens with one attached hydrogen (secondary N) is 1. The standard InChI is InChI=1S/C27H23ClN4O3S/c1-15-12-20(16(2)31(15)19-7-5-6-17(13-19)26(34)35)25-24(21-8-3-4-11-29-21)30-27(36)32(25)22-14-18(28)9-10-23(22)33/h3-14,24-25,33H,1-2H3,(H,30,36)(H,34,35). The van der Waals surface area contributed by atoms with Gasteiger partial charge < -0.3 is 25.0 Å². The molecule has 0 aliphatic carbocycles. The predicted molar refractivity (Wildman–Crippen MR) is 143 cm³/mol. The highest BCUT2D eigenvalue weighted by atomic mass is 35.5. The Morgan fingerprint density at radius 2 is 1.89 bits per heavy atom. The number of benzene rings is 2. The lowest BCUT2D eigenvalue weighted by Gasteiger charge is -2.28. The molecule has 36 heavy (non-hydrogen) atoms. The first-order chi connectivity index (χ1) is 17.3. The van der Waals surface area contributed by atoms with Crippen molar-refractivity contribution in [2.24, 2.45) is 0 Å². The van der Waals surface area contributed by atoms with E-state index in [0.717, 1.165) is 28.3 Å². The second-order valence-corrected chi connectivity index (χ2v) is 9.47. The van der Waals surface area contributed by atoms with Gasteiger partial charge in [-0.15, -0.1) is 0 Å². The van der Waals surface area contributed by atoms with Gasteiger partial charge in [0.05, 0.1) is 29.0 Å². The van der Waals surface area contributed by atoms with Gasteiger partial charge in [-0.3, -0.25) is 4.98 Å². The third kappa shape index (κ3) is 4.08. The van der Waals surface area contributed by atoms with Crippen molar-refractivity contribution in [2.75, 3.05) is 4.90 Å². The Balaban J connectivity index is 1.70. The molecular weight excluding hydrogens is 496 g/mol. The average Bonchev–Trinajstić information content (AvgIpc) is 3.36. The molecule has 0 spiro atoms. The molecule has 0 bridgehead atoms. The van der Waals surface area contributed by atoms with Crippen LogP contribution in [0.5, 0.6) is 5.75 Å². The van der Waals surface area contributed by atoms with Crippen LogP contribution in [0.15, 0.2) is 72.9 Å². The van der Waals surface area contributed by atoms with Crippen molar-refractivity contribution in [1.82, 2.24) is 14.9 Å². The number of phenolic OH excluding ortho intramolecular Hbond substituents is 1. The van der Waals surface area contributed by atoms with E-state index in [0.29, 0.717) is 15.8 Å². The van der Waals surface area contributed by atoms with Crippen molar-refractivity contribution in [1.29, 1.82) is 0 Å². The molecule has 1 aliphatic rings. The van der Waals surface area contributed by atoms with Crippen LogP contribution in [0, 0.1) is 13.8 Å². The molecule has 2 atom stereocenters. The van der Waals surface area contributed by atoms with Gasteiger partial charge in [-0.1, -0.05) is 23.7 Å². The molecule has 7 nitrogen and oxygen atoms in total. The van der Waals surface area contributed by atoms with Gasteiger partial charge in [0.1, 0.15) is 5.75 Å². The second kappa shape index (κ2) is 9.29. The number of phenols is 1. The highest BCUT2D eigenvalue weighted by Gasteiger charge is 2.43. The van der Waals surface area contributed by atoms with Crippen molar-refractivity contribution in [3.63, 3.8) is 0 Å². The molecule has 2 unspecified atom stereocenters. The van der Waals surface area contributed by atoms with E-state index in [1.807, 2.05) is 47.6 Å². The number of aromatic hydroxyl groups is 1. The summed E-state index contributed by atoms with van der Waals surface area (Å²) < 4.78 is 2.02. The molecule has 5 rings (SSSR count). The van der Waals surface area contributed by atoms with Crippen LogP contribution < -0.4 is 10.2 Å². The van der Waals surface area contributed by atoms with Crippen LogP contribution >= 0.6 is 23.8 Å². The van der Waals surface area contributed by atoms with E-state index in [2.05, 4.69) is 16.4 Å². The van der Waals surface area contributed by atoms with E-state index in [9.17, 15) is 15.0 Å². The number of aryl methyl sites for hydroxylation is 1. The molecule has 3 N–H and O–H groups in total. The number of pyridine rings is 1. The number of hydrogen-bond acceptors (Lipinski definition) is 4. The number of carbonyl (C=O) groups is 1. The Kier molecular flexibility index (Phi) is 6.15. The number of halogens is 1. The molecular formula is C27H23ClN4O3S. The van der Waals surface area contributed by atoms with E-state index in [1.165, 1.54) is 0 Å². The van der Waals surface area contributed by atoms with Gasteiger partial charge in [0.15, 0.2) is 5.11 Å². The fourth-order valence-electron chi connectivity index (χ4n) is 4.88. The number of aromatic nitrogens is 2. The Hall–Kier alpha value is -3.88. The van der Waals surface area contributed by atoms with E-state index in [4.69, 9.17) is 23.8 Å². The van der Waals surface area contributed by atoms with Gasteiger partial charge in [0.25, 0.3) is 0 Å². The molecule has 0 amide bonds. The van der Waals surface area contributed by atoms with E-state index < -0.39 is 5.97 Å². The summed E-state index contributed by atoms with van der Waals surface area (Å²) in [6.07, 6.45) is 1.73. The highest BCUT2D eigenvalue weighted by molar-refractivity contribution is 7.80. The number of carboxylic acids is 1. The topological polar surface area (TPSA) is 90.6 Å². The Morgan fingerprint density at radius 1 is 1.08 bits per heavy atom. The minimum absolute atomic E-state index is 0.0539. The summed E-state index contributed by atoms with van der Waals surface area (Å²) in [4.78, 5) is 18.0. The molecule has 2 aromatic carbocycles. The van der Waals surface area contributed by atoms with Crippen LogP contribution in [0.1, 0.15) is 45.1 Å². The zero-order valence-corrected chi connectivity index (χ0v) is 21.1. The Labute approximate surface area is 218 Å². The lowest BCUT2D eigenvalue weighted by molar-refractivity contribution is 0.0697. The molecule has 0 saturated carbocycles. The quantitative estimate of drug-likeness (QED) is 0.291. The number of rotatable bonds is 5. The summed E-state index contributed by atoms with van der Waals surface area (Å²) in [6.45, 7) is 3.96. The van der Waals surface area contributed by atoms with Crippen molar-refractivity contribution in [3.05, 3.63) is 106 Å². The molecule has 1 fully saturated rings. The van der Waals surface area contributed by atoms with E-state index in [-0.39, 0.29) is 23.4 Å². The molecule has 1 aliphatic heterocycles. The number of nitrogens with zero attached hydrogens (tertiary/aromatic N) is 3. The average molecular weight is 519 g/mol. The second-order valence-electron chi connectivity index (χ2n) is 8.65. The van der Waals surface area contributed by atoms with Gasteiger partial charge in [0.2, 0.25) is 0 Å². The Morgan fingerprint density at radius 3 is 2.61 bits per heavy atom. The maximum absolute atomic E-state index is 11.6. The molecule has 9 heteroatoms. The van der Waals surface area contributed by atoms with Crippen LogP contribution in [0.4, 0.5) is 5.69 Å². The fourth-order valence-corrected chi connectivity index (χ4v) is 5.39. The van der Waals surface area contributed by atoms with Crippen LogP contribution in [0.2, 0.25) is 5.02 Å². The van der Waals surface area contributed by atoms with Crippen LogP contribution in [0.25, 0.3) is 5.69 Å². The Bertz CT molecular complexity index is 1490. The van der Waals surface area contributed by atoms with E-state index >= 15 is 0 Å². The number of anilines is 1. The summed E-state index contributed by atoms with van der Waals surface area (Å²) >= 11 is 12.1. The molecule has 2 aromatic heterocycles. The summed E-state index contributed by atoms with van der Waals surface area (Å²) in [5, 5.41) is 24.5. The zero-order valence-electron chi connectivity index (χ0n) is 19.5. The van der Waals surface area contributed by atoms with Gasteiger partial charge in [-0.05, 0) is 86.2 Å². The molecule has 1 saturated heterocycles. The number of carboxylic acid groups (broad SMARTS) is 1. The third-order valence-corrected chi connectivity index (χ3v) is 6.98. The van der Waals surface area contributed by atoms with E-state index in [1.54, 1.807) is 42.6 Å². The van der Waals surface area contributed by atoms with Crippen LogP contribution in [-0.4, -0.2) is 30.8 Å². The first kappa shape index (κ1) is 23.8. The van der Waals surface area contributed by atoms with Crippen LogP contribution in [0.3, 0.4) is 0 Å². The van der Waals surface area contributed by atoms with Crippen molar-refractivity contribution in [3.8, 4) is 11.4 Å². The number of hydrogen-bond donors (Lipinski definition) is 3. The van der Waals surface area contributed by atoms with Crippen molar-refractivity contribution in [2.45, 2.75) is 25.9 Å². The predicted octanol–water partition coefficient (Wildman–Crippen LogP) is 5.72. The lowest BCUT2D eigenvalue weighted by atomic mass is 9.96. The highest BCUT2D eigenvalue weighted by Crippen LogP contribution is 2.46. The summed E-state index contributed by atoms with van der Waals surface area (Å²) in [5.74, 6) is -0.930. The maximum Gasteiger partial charge on any atom is 0.335 e. The van der Waals surface area contributed by atoms with Crippen molar-refractivity contribution < 1.29 is 15.0 Å². The monoisotopic (exact) mass is 518 g/mol. The van der Waals surface area contributed by atoms with Gasteiger partial charge in [-0.2, -0.15) is 0 Å². The van der Waals surface area contributed by atoms with Gasteiger partial charge in [-0.25, -0.2) is 4.79 Å². The van der Waals surface area contributed by atoms with Gasteiger partial charge in [0, 0.05) is 28.3 Å². The molecule has 182 valence electrons. The zero-order chi connectivity index (χ0) is 25.6. The maximum atomic E-state index is 11.6.